The summed E-state index contributed by atoms with van der Waals surface area (Å²) in [5.41, 5.74) is 6.94. The van der Waals surface area contributed by atoms with Gasteiger partial charge in [-0.2, -0.15) is 0 Å². The van der Waals surface area contributed by atoms with Crippen molar-refractivity contribution in [2.24, 2.45) is 0 Å². The number of benzene rings is 2. The largest absolute Gasteiger partial charge is 0.497 e. The van der Waals surface area contributed by atoms with Crippen molar-refractivity contribution in [1.82, 2.24) is 0 Å². The highest BCUT2D eigenvalue weighted by atomic mass is 35.5. The zero-order chi connectivity index (χ0) is 15.6. The lowest BCUT2D eigenvalue weighted by molar-refractivity contribution is 0.415. The first-order valence-electron chi connectivity index (χ1n) is 6.06. The molecule has 3 N–H and O–H groups in total. The lowest BCUT2D eigenvalue weighted by atomic mass is 10.2. The molecule has 0 saturated heterocycles. The highest BCUT2D eigenvalue weighted by Crippen LogP contribution is 2.28. The molecule has 112 valence electrons. The van der Waals surface area contributed by atoms with Gasteiger partial charge in [-0.05, 0) is 36.8 Å². The Labute approximate surface area is 128 Å². The summed E-state index contributed by atoms with van der Waals surface area (Å²) in [7, 11) is -2.29. The third kappa shape index (κ3) is 3.40. The van der Waals surface area contributed by atoms with Crippen LogP contribution in [-0.2, 0) is 10.0 Å². The fraction of sp³-hybridized carbons (Fsp3) is 0.143. The van der Waals surface area contributed by atoms with Crippen molar-refractivity contribution in [1.29, 1.82) is 0 Å². The zero-order valence-corrected chi connectivity index (χ0v) is 13.1. The summed E-state index contributed by atoms with van der Waals surface area (Å²) in [6.07, 6.45) is 0. The number of nitrogens with two attached hydrogens (primary N) is 1. The molecule has 0 heterocycles. The third-order valence-electron chi connectivity index (χ3n) is 2.94. The average Bonchev–Trinajstić information content (AvgIpc) is 2.43. The van der Waals surface area contributed by atoms with Crippen LogP contribution >= 0.6 is 11.6 Å². The number of methoxy groups -OCH3 is 1. The fourth-order valence-corrected chi connectivity index (χ4v) is 3.40. The molecular weight excluding hydrogens is 312 g/mol. The van der Waals surface area contributed by atoms with E-state index in [1.54, 1.807) is 31.2 Å². The molecule has 21 heavy (non-hydrogen) atoms. The standard InChI is InChI=1S/C14H15ClN2O3S/c1-9-3-4-10(15)7-14(9)21(18,19)17-13-8-11(20-2)5-6-12(13)16/h3-8,17H,16H2,1-2H3. The lowest BCUT2D eigenvalue weighted by Crippen LogP contribution is -2.15. The SMILES string of the molecule is COc1ccc(N)c(NS(=O)(=O)c2cc(Cl)ccc2C)c1. The molecule has 0 saturated carbocycles. The van der Waals surface area contributed by atoms with E-state index in [0.717, 1.165) is 0 Å². The number of hydrogen-bond acceptors (Lipinski definition) is 4. The molecule has 0 aliphatic rings. The molecule has 0 bridgehead atoms. The quantitative estimate of drug-likeness (QED) is 0.846. The van der Waals surface area contributed by atoms with Crippen molar-refractivity contribution < 1.29 is 13.2 Å². The molecule has 0 radical (unpaired) electrons. The lowest BCUT2D eigenvalue weighted by Gasteiger charge is -2.13. The average molecular weight is 327 g/mol. The summed E-state index contributed by atoms with van der Waals surface area (Å²) in [5.74, 6) is 0.504. The number of hydrogen-bond donors (Lipinski definition) is 2. The molecule has 0 amide bonds. The first kappa shape index (κ1) is 15.5. The molecule has 2 aromatic carbocycles. The fourth-order valence-electron chi connectivity index (χ4n) is 1.81. The predicted octanol–water partition coefficient (Wildman–Crippen LogP) is 3.04. The number of anilines is 2. The second-order valence-electron chi connectivity index (χ2n) is 4.47. The van der Waals surface area contributed by atoms with E-state index in [9.17, 15) is 8.42 Å². The zero-order valence-electron chi connectivity index (χ0n) is 11.6. The van der Waals surface area contributed by atoms with E-state index >= 15 is 0 Å². The number of aryl methyl sites for hydroxylation is 1. The molecule has 2 aromatic rings. The highest BCUT2D eigenvalue weighted by molar-refractivity contribution is 7.92. The summed E-state index contributed by atoms with van der Waals surface area (Å²) >= 11 is 5.87. The number of ether oxygens (including phenoxy) is 1. The maximum absolute atomic E-state index is 12.5. The number of sulfonamides is 1. The molecule has 0 unspecified atom stereocenters. The van der Waals surface area contributed by atoms with E-state index in [2.05, 4.69) is 4.72 Å². The summed E-state index contributed by atoms with van der Waals surface area (Å²) < 4.78 is 32.4. The Bertz CT molecular complexity index is 776. The Hall–Kier alpha value is -1.92. The van der Waals surface area contributed by atoms with E-state index < -0.39 is 10.0 Å². The van der Waals surface area contributed by atoms with Crippen molar-refractivity contribution in [2.75, 3.05) is 17.6 Å². The van der Waals surface area contributed by atoms with E-state index in [4.69, 9.17) is 22.1 Å². The van der Waals surface area contributed by atoms with Gasteiger partial charge in [-0.25, -0.2) is 8.42 Å². The normalized spacial score (nSPS) is 11.2. The second kappa shape index (κ2) is 5.83. The van der Waals surface area contributed by atoms with Gasteiger partial charge in [-0.15, -0.1) is 0 Å². The van der Waals surface area contributed by atoms with Gasteiger partial charge in [0.25, 0.3) is 10.0 Å². The van der Waals surface area contributed by atoms with Crippen molar-refractivity contribution in [3.05, 3.63) is 47.0 Å². The van der Waals surface area contributed by atoms with Crippen LogP contribution in [0.2, 0.25) is 5.02 Å². The van der Waals surface area contributed by atoms with Crippen molar-refractivity contribution in [3.8, 4) is 5.75 Å². The Morgan fingerprint density at radius 2 is 1.90 bits per heavy atom. The Morgan fingerprint density at radius 3 is 2.57 bits per heavy atom. The van der Waals surface area contributed by atoms with Crippen LogP contribution in [0, 0.1) is 6.92 Å². The van der Waals surface area contributed by atoms with Crippen LogP contribution < -0.4 is 15.2 Å². The molecule has 0 fully saturated rings. The van der Waals surface area contributed by atoms with Gasteiger partial charge in [0, 0.05) is 11.1 Å². The topological polar surface area (TPSA) is 81.4 Å². The van der Waals surface area contributed by atoms with Gasteiger partial charge >= 0.3 is 0 Å². The molecule has 5 nitrogen and oxygen atoms in total. The molecular formula is C14H15ClN2O3S. The Morgan fingerprint density at radius 1 is 1.19 bits per heavy atom. The molecule has 2 rings (SSSR count). The number of nitrogen functional groups attached to an aromatic ring is 1. The number of rotatable bonds is 4. The van der Waals surface area contributed by atoms with Gasteiger partial charge in [-0.1, -0.05) is 17.7 Å². The Balaban J connectivity index is 2.44. The summed E-state index contributed by atoms with van der Waals surface area (Å²) in [6, 6.07) is 9.42. The van der Waals surface area contributed by atoms with E-state index in [-0.39, 0.29) is 10.6 Å². The van der Waals surface area contributed by atoms with Crippen LogP contribution in [0.15, 0.2) is 41.3 Å². The van der Waals surface area contributed by atoms with Crippen LogP contribution in [0.5, 0.6) is 5.75 Å². The summed E-state index contributed by atoms with van der Waals surface area (Å²) in [6.45, 7) is 1.69. The van der Waals surface area contributed by atoms with E-state index in [1.807, 2.05) is 0 Å². The minimum Gasteiger partial charge on any atom is -0.497 e. The van der Waals surface area contributed by atoms with Gasteiger partial charge in [0.15, 0.2) is 0 Å². The maximum atomic E-state index is 12.5. The molecule has 0 aromatic heterocycles. The minimum absolute atomic E-state index is 0.109. The molecule has 7 heteroatoms. The van der Waals surface area contributed by atoms with Crippen molar-refractivity contribution >= 4 is 33.0 Å². The summed E-state index contributed by atoms with van der Waals surface area (Å²) in [4.78, 5) is 0.109. The van der Waals surface area contributed by atoms with E-state index in [0.29, 0.717) is 22.0 Å². The van der Waals surface area contributed by atoms with Crippen LogP contribution in [0.4, 0.5) is 11.4 Å². The number of nitrogens with one attached hydrogen (secondary N) is 1. The molecule has 0 aliphatic carbocycles. The molecule has 0 atom stereocenters. The second-order valence-corrected chi connectivity index (χ2v) is 6.56. The van der Waals surface area contributed by atoms with Crippen molar-refractivity contribution in [2.45, 2.75) is 11.8 Å². The van der Waals surface area contributed by atoms with Gasteiger partial charge in [0.05, 0.1) is 23.4 Å². The van der Waals surface area contributed by atoms with Crippen LogP contribution in [0.25, 0.3) is 0 Å². The van der Waals surface area contributed by atoms with Crippen molar-refractivity contribution in [3.63, 3.8) is 0 Å². The molecule has 0 aliphatic heterocycles. The molecule has 0 spiro atoms. The minimum atomic E-state index is -3.78. The first-order valence-corrected chi connectivity index (χ1v) is 7.92. The van der Waals surface area contributed by atoms with Gasteiger partial charge in [-0.3, -0.25) is 4.72 Å². The van der Waals surface area contributed by atoms with Crippen LogP contribution in [0.3, 0.4) is 0 Å². The third-order valence-corrected chi connectivity index (χ3v) is 4.69. The predicted molar refractivity (Wildman–Crippen MR) is 84.4 cm³/mol. The van der Waals surface area contributed by atoms with Crippen LogP contribution in [0.1, 0.15) is 5.56 Å². The Kier molecular flexibility index (Phi) is 4.29. The van der Waals surface area contributed by atoms with Gasteiger partial charge < -0.3 is 10.5 Å². The maximum Gasteiger partial charge on any atom is 0.262 e. The highest BCUT2D eigenvalue weighted by Gasteiger charge is 2.18. The van der Waals surface area contributed by atoms with Crippen LogP contribution in [-0.4, -0.2) is 15.5 Å². The smallest absolute Gasteiger partial charge is 0.262 e. The van der Waals surface area contributed by atoms with Gasteiger partial charge in [0.1, 0.15) is 5.75 Å². The van der Waals surface area contributed by atoms with Gasteiger partial charge in [0.2, 0.25) is 0 Å². The first-order chi connectivity index (χ1) is 9.83. The number of halogens is 1. The van der Waals surface area contributed by atoms with E-state index in [1.165, 1.54) is 19.2 Å². The summed E-state index contributed by atoms with van der Waals surface area (Å²) in [5, 5.41) is 0.347. The monoisotopic (exact) mass is 326 g/mol.